The summed E-state index contributed by atoms with van der Waals surface area (Å²) in [4.78, 5) is 4.97. The second-order valence-electron chi connectivity index (χ2n) is 3.60. The van der Waals surface area contributed by atoms with Gasteiger partial charge in [0.25, 0.3) is 0 Å². The third-order valence-electron chi connectivity index (χ3n) is 2.97. The predicted molar refractivity (Wildman–Crippen MR) is 43.9 cm³/mol. The maximum Gasteiger partial charge on any atom is 0.129 e. The van der Waals surface area contributed by atoms with Crippen LogP contribution in [0.2, 0.25) is 0 Å². The smallest absolute Gasteiger partial charge is 0.129 e. The summed E-state index contributed by atoms with van der Waals surface area (Å²) >= 11 is 0. The van der Waals surface area contributed by atoms with Gasteiger partial charge < -0.3 is 4.74 Å². The highest BCUT2D eigenvalue weighted by atomic mass is 16.7. The number of amidine groups is 1. The Kier molecular flexibility index (Phi) is 1.63. The van der Waals surface area contributed by atoms with Crippen LogP contribution in [0.4, 0.5) is 0 Å². The van der Waals surface area contributed by atoms with Crippen molar-refractivity contribution < 1.29 is 9.57 Å². The molecular formula is C8H14N2O2. The lowest BCUT2D eigenvalue weighted by Crippen LogP contribution is -2.34. The van der Waals surface area contributed by atoms with E-state index < -0.39 is 0 Å². The van der Waals surface area contributed by atoms with Gasteiger partial charge in [-0.1, -0.05) is 0 Å². The minimum Gasteiger partial charge on any atom is -0.380 e. The van der Waals surface area contributed by atoms with Gasteiger partial charge >= 0.3 is 0 Å². The molecule has 1 heterocycles. The molecule has 0 aromatic rings. The molecule has 0 spiro atoms. The molecule has 2 aliphatic rings. The molecule has 4 heteroatoms. The van der Waals surface area contributed by atoms with Crippen LogP contribution in [0.1, 0.15) is 6.42 Å². The van der Waals surface area contributed by atoms with E-state index in [-0.39, 0.29) is 5.41 Å². The number of nitrogens with one attached hydrogen (secondary N) is 1. The van der Waals surface area contributed by atoms with Crippen molar-refractivity contribution in [3.63, 3.8) is 0 Å². The van der Waals surface area contributed by atoms with E-state index in [1.165, 1.54) is 5.06 Å². The van der Waals surface area contributed by atoms with Gasteiger partial charge in [0.05, 0.1) is 25.7 Å². The molecule has 1 aliphatic carbocycles. The molecule has 1 aliphatic heterocycles. The van der Waals surface area contributed by atoms with Gasteiger partial charge in [0, 0.05) is 7.05 Å². The number of hydroxylamine groups is 2. The van der Waals surface area contributed by atoms with Crippen molar-refractivity contribution >= 4 is 5.84 Å². The summed E-state index contributed by atoms with van der Waals surface area (Å²) < 4.78 is 5.30. The molecule has 1 N–H and O–H groups in total. The zero-order valence-electron chi connectivity index (χ0n) is 7.46. The van der Waals surface area contributed by atoms with Crippen molar-refractivity contribution in [2.45, 2.75) is 6.42 Å². The fourth-order valence-electron chi connectivity index (χ4n) is 1.92. The molecule has 2 unspecified atom stereocenters. The van der Waals surface area contributed by atoms with Crippen LogP contribution in [0.25, 0.3) is 0 Å². The van der Waals surface area contributed by atoms with Gasteiger partial charge in [-0.05, 0) is 12.3 Å². The molecule has 0 aromatic heterocycles. The van der Waals surface area contributed by atoms with Crippen LogP contribution in [0.3, 0.4) is 0 Å². The molecule has 4 nitrogen and oxygen atoms in total. The molecule has 2 fully saturated rings. The minimum atomic E-state index is 0.00472. The second-order valence-corrected chi connectivity index (χ2v) is 3.60. The first-order valence-corrected chi connectivity index (χ1v) is 4.15. The molecule has 1 saturated carbocycles. The summed E-state index contributed by atoms with van der Waals surface area (Å²) in [6.07, 6.45) is 1.10. The maximum absolute atomic E-state index is 7.85. The standard InChI is InChI=1S/C8H14N2O2/c1-10(11-2)7(9)8-3-6(8)4-12-5-8/h6,9H,3-5H2,1-2H3. The zero-order chi connectivity index (χ0) is 8.77. The molecule has 0 radical (unpaired) electrons. The fraction of sp³-hybridized carbons (Fsp3) is 0.875. The fourth-order valence-corrected chi connectivity index (χ4v) is 1.92. The SMILES string of the molecule is CON(C)C(=N)C12COCC1C2. The molecule has 1 saturated heterocycles. The zero-order valence-corrected chi connectivity index (χ0v) is 7.46. The average Bonchev–Trinajstić information content (AvgIpc) is 2.67. The van der Waals surface area contributed by atoms with Crippen LogP contribution in [-0.4, -0.2) is 38.3 Å². The number of hydrogen-bond acceptors (Lipinski definition) is 3. The molecule has 2 rings (SSSR count). The number of rotatable bonds is 2. The average molecular weight is 170 g/mol. The van der Waals surface area contributed by atoms with Crippen molar-refractivity contribution in [1.82, 2.24) is 5.06 Å². The molecular weight excluding hydrogens is 156 g/mol. The Labute approximate surface area is 71.9 Å². The number of nitrogens with zero attached hydrogens (tertiary/aromatic N) is 1. The largest absolute Gasteiger partial charge is 0.380 e. The lowest BCUT2D eigenvalue weighted by atomic mass is 10.1. The predicted octanol–water partition coefficient (Wildman–Crippen LogP) is 0.493. The Bertz CT molecular complexity index is 219. The summed E-state index contributed by atoms with van der Waals surface area (Å²) in [7, 11) is 3.35. The first-order valence-electron chi connectivity index (χ1n) is 4.15. The van der Waals surface area contributed by atoms with E-state index in [1.54, 1.807) is 14.2 Å². The topological polar surface area (TPSA) is 45.5 Å². The van der Waals surface area contributed by atoms with Crippen molar-refractivity contribution in [3.05, 3.63) is 0 Å². The van der Waals surface area contributed by atoms with Gasteiger partial charge in [-0.25, -0.2) is 5.06 Å². The van der Waals surface area contributed by atoms with E-state index in [9.17, 15) is 0 Å². The first kappa shape index (κ1) is 8.01. The van der Waals surface area contributed by atoms with Gasteiger partial charge in [0.1, 0.15) is 5.84 Å². The van der Waals surface area contributed by atoms with Crippen LogP contribution in [0.5, 0.6) is 0 Å². The van der Waals surface area contributed by atoms with Gasteiger partial charge in [-0.15, -0.1) is 0 Å². The maximum atomic E-state index is 7.85. The summed E-state index contributed by atoms with van der Waals surface area (Å²) in [6, 6.07) is 0. The Balaban J connectivity index is 2.05. The monoisotopic (exact) mass is 170 g/mol. The molecule has 12 heavy (non-hydrogen) atoms. The number of hydrogen-bond donors (Lipinski definition) is 1. The van der Waals surface area contributed by atoms with Crippen molar-refractivity contribution in [1.29, 1.82) is 5.41 Å². The van der Waals surface area contributed by atoms with E-state index in [0.717, 1.165) is 13.0 Å². The molecule has 0 amide bonds. The van der Waals surface area contributed by atoms with Crippen molar-refractivity contribution in [2.24, 2.45) is 11.3 Å². The Morgan fingerprint density at radius 2 is 2.50 bits per heavy atom. The van der Waals surface area contributed by atoms with Crippen LogP contribution in [0, 0.1) is 16.7 Å². The lowest BCUT2D eigenvalue weighted by Gasteiger charge is -2.22. The third-order valence-corrected chi connectivity index (χ3v) is 2.97. The Hall–Kier alpha value is -0.610. The third kappa shape index (κ3) is 0.881. The van der Waals surface area contributed by atoms with Crippen LogP contribution >= 0.6 is 0 Å². The van der Waals surface area contributed by atoms with Gasteiger partial charge in [-0.2, -0.15) is 0 Å². The number of ether oxygens (including phenoxy) is 1. The van der Waals surface area contributed by atoms with Crippen LogP contribution in [-0.2, 0) is 9.57 Å². The van der Waals surface area contributed by atoms with Gasteiger partial charge in [0.2, 0.25) is 0 Å². The first-order chi connectivity index (χ1) is 5.70. The van der Waals surface area contributed by atoms with E-state index >= 15 is 0 Å². The summed E-state index contributed by atoms with van der Waals surface area (Å²) in [5.41, 5.74) is 0.00472. The number of fused-ring (bicyclic) bond motifs is 1. The van der Waals surface area contributed by atoms with Crippen molar-refractivity contribution in [3.8, 4) is 0 Å². The Morgan fingerprint density at radius 3 is 2.92 bits per heavy atom. The molecule has 68 valence electrons. The van der Waals surface area contributed by atoms with E-state index in [1.807, 2.05) is 0 Å². The highest BCUT2D eigenvalue weighted by Crippen LogP contribution is 2.57. The summed E-state index contributed by atoms with van der Waals surface area (Å²) in [6.45, 7) is 1.52. The highest BCUT2D eigenvalue weighted by molar-refractivity contribution is 5.88. The molecule has 0 bridgehead atoms. The van der Waals surface area contributed by atoms with Crippen molar-refractivity contribution in [2.75, 3.05) is 27.4 Å². The normalized spacial score (nSPS) is 37.7. The van der Waals surface area contributed by atoms with E-state index in [2.05, 4.69) is 0 Å². The lowest BCUT2D eigenvalue weighted by molar-refractivity contribution is -0.0492. The van der Waals surface area contributed by atoms with Gasteiger partial charge in [0.15, 0.2) is 0 Å². The van der Waals surface area contributed by atoms with Crippen LogP contribution < -0.4 is 0 Å². The minimum absolute atomic E-state index is 0.00472. The van der Waals surface area contributed by atoms with Crippen LogP contribution in [0.15, 0.2) is 0 Å². The molecule has 2 atom stereocenters. The second kappa shape index (κ2) is 2.44. The van der Waals surface area contributed by atoms with Gasteiger partial charge in [-0.3, -0.25) is 10.2 Å². The molecule has 0 aromatic carbocycles. The van der Waals surface area contributed by atoms with E-state index in [4.69, 9.17) is 15.0 Å². The quantitative estimate of drug-likeness (QED) is 0.373. The highest BCUT2D eigenvalue weighted by Gasteiger charge is 2.62. The Morgan fingerprint density at radius 1 is 1.75 bits per heavy atom. The summed E-state index contributed by atoms with van der Waals surface area (Å²) in [5, 5.41) is 9.37. The van der Waals surface area contributed by atoms with E-state index in [0.29, 0.717) is 18.4 Å². The summed E-state index contributed by atoms with van der Waals surface area (Å²) in [5.74, 6) is 1.13.